The molecule has 124 valence electrons. The molecular weight excluding hydrogens is 375 g/mol. The predicted octanol–water partition coefficient (Wildman–Crippen LogP) is 3.08. The fourth-order valence-electron chi connectivity index (χ4n) is 3.58. The summed E-state index contributed by atoms with van der Waals surface area (Å²) in [4.78, 5) is 20.6. The van der Waals surface area contributed by atoms with Gasteiger partial charge in [-0.15, -0.1) is 0 Å². The van der Waals surface area contributed by atoms with Gasteiger partial charge in [0.2, 0.25) is 0 Å². The molecule has 0 aliphatic heterocycles. The Bertz CT molecular complexity index is 798. The standard InChI is InChI=1S/C17H16BrFN4O/c1-8(16-20-6-10(18)7-21-16)22-17(24)23-15-13-5-9-4-11(19)2-3-12(9)14(13)15/h2-4,6-8,13-15H,5H2,1H3,(H2,22,23,24). The number of aromatic nitrogens is 2. The van der Waals surface area contributed by atoms with Crippen LogP contribution in [-0.4, -0.2) is 22.0 Å². The molecule has 2 amide bonds. The molecule has 0 radical (unpaired) electrons. The molecule has 1 aromatic carbocycles. The molecule has 0 spiro atoms. The van der Waals surface area contributed by atoms with E-state index in [9.17, 15) is 9.18 Å². The molecule has 1 heterocycles. The second-order valence-electron chi connectivity index (χ2n) is 6.36. The van der Waals surface area contributed by atoms with Crippen LogP contribution in [0.4, 0.5) is 9.18 Å². The van der Waals surface area contributed by atoms with Crippen LogP contribution in [0, 0.1) is 11.7 Å². The highest BCUT2D eigenvalue weighted by Crippen LogP contribution is 2.56. The van der Waals surface area contributed by atoms with Gasteiger partial charge in [-0.3, -0.25) is 0 Å². The molecule has 2 N–H and O–H groups in total. The van der Waals surface area contributed by atoms with Crippen molar-refractivity contribution >= 4 is 22.0 Å². The first-order valence-corrected chi connectivity index (χ1v) is 8.65. The maximum Gasteiger partial charge on any atom is 0.315 e. The Kier molecular flexibility index (Phi) is 3.75. The van der Waals surface area contributed by atoms with Gasteiger partial charge >= 0.3 is 6.03 Å². The van der Waals surface area contributed by atoms with Gasteiger partial charge in [0, 0.05) is 24.4 Å². The van der Waals surface area contributed by atoms with E-state index >= 15 is 0 Å². The number of urea groups is 1. The van der Waals surface area contributed by atoms with Crippen LogP contribution in [0.2, 0.25) is 0 Å². The Hall–Kier alpha value is -2.02. The van der Waals surface area contributed by atoms with E-state index in [1.807, 2.05) is 13.0 Å². The average molecular weight is 391 g/mol. The van der Waals surface area contributed by atoms with Crippen molar-refractivity contribution in [3.8, 4) is 0 Å². The van der Waals surface area contributed by atoms with Crippen LogP contribution in [0.1, 0.15) is 35.8 Å². The first-order chi connectivity index (χ1) is 11.5. The lowest BCUT2D eigenvalue weighted by atomic mass is 10.0. The van der Waals surface area contributed by atoms with E-state index in [0.29, 0.717) is 17.7 Å². The van der Waals surface area contributed by atoms with Crippen molar-refractivity contribution in [2.24, 2.45) is 5.92 Å². The second-order valence-corrected chi connectivity index (χ2v) is 7.28. The zero-order chi connectivity index (χ0) is 16.8. The number of carbonyl (C=O) groups excluding carboxylic acids is 1. The molecule has 2 aromatic rings. The van der Waals surface area contributed by atoms with Crippen molar-refractivity contribution < 1.29 is 9.18 Å². The normalized spacial score (nSPS) is 24.7. The summed E-state index contributed by atoms with van der Waals surface area (Å²) < 4.78 is 14.0. The number of hydrogen-bond donors (Lipinski definition) is 2. The molecule has 4 atom stereocenters. The zero-order valence-electron chi connectivity index (χ0n) is 13.0. The Morgan fingerprint density at radius 1 is 1.38 bits per heavy atom. The molecule has 24 heavy (non-hydrogen) atoms. The topological polar surface area (TPSA) is 66.9 Å². The number of hydrogen-bond acceptors (Lipinski definition) is 3. The number of carbonyl (C=O) groups is 1. The number of rotatable bonds is 3. The second kappa shape index (κ2) is 5.81. The molecule has 1 aromatic heterocycles. The number of halogens is 2. The van der Waals surface area contributed by atoms with Gasteiger partial charge in [-0.1, -0.05) is 6.07 Å². The molecule has 2 aliphatic carbocycles. The fraction of sp³-hybridized carbons (Fsp3) is 0.353. The maximum absolute atomic E-state index is 13.2. The van der Waals surface area contributed by atoms with Gasteiger partial charge in [0.1, 0.15) is 11.6 Å². The van der Waals surface area contributed by atoms with Gasteiger partial charge in [-0.25, -0.2) is 19.2 Å². The maximum atomic E-state index is 13.2. The summed E-state index contributed by atoms with van der Waals surface area (Å²) in [5.41, 5.74) is 2.23. The third kappa shape index (κ3) is 2.77. The van der Waals surface area contributed by atoms with Gasteiger partial charge in [-0.2, -0.15) is 0 Å². The van der Waals surface area contributed by atoms with Crippen molar-refractivity contribution in [1.82, 2.24) is 20.6 Å². The minimum atomic E-state index is -0.280. The highest BCUT2D eigenvalue weighted by Gasteiger charge is 2.56. The third-order valence-corrected chi connectivity index (χ3v) is 5.17. The minimum absolute atomic E-state index is 0.126. The van der Waals surface area contributed by atoms with Crippen LogP contribution in [0.25, 0.3) is 0 Å². The molecule has 4 unspecified atom stereocenters. The van der Waals surface area contributed by atoms with Crippen LogP contribution in [-0.2, 0) is 6.42 Å². The average Bonchev–Trinajstić information content (AvgIpc) is 3.04. The molecule has 5 nitrogen and oxygen atoms in total. The van der Waals surface area contributed by atoms with Gasteiger partial charge < -0.3 is 10.6 Å². The van der Waals surface area contributed by atoms with E-state index in [4.69, 9.17) is 0 Å². The monoisotopic (exact) mass is 390 g/mol. The summed E-state index contributed by atoms with van der Waals surface area (Å²) in [5.74, 6) is 1.06. The number of nitrogens with zero attached hydrogens (tertiary/aromatic N) is 2. The summed E-state index contributed by atoms with van der Waals surface area (Å²) in [6.45, 7) is 1.84. The number of fused-ring (bicyclic) bond motifs is 3. The van der Waals surface area contributed by atoms with E-state index in [1.165, 1.54) is 6.07 Å². The third-order valence-electron chi connectivity index (χ3n) is 4.76. The van der Waals surface area contributed by atoms with Crippen LogP contribution in [0.5, 0.6) is 0 Å². The molecule has 2 aliphatic rings. The Labute approximate surface area is 147 Å². The Morgan fingerprint density at radius 2 is 2.12 bits per heavy atom. The smallest absolute Gasteiger partial charge is 0.315 e. The number of nitrogens with one attached hydrogen (secondary N) is 2. The summed E-state index contributed by atoms with van der Waals surface area (Å²) in [7, 11) is 0. The largest absolute Gasteiger partial charge is 0.334 e. The molecule has 0 saturated heterocycles. The first kappa shape index (κ1) is 15.5. The summed E-state index contributed by atoms with van der Waals surface area (Å²) in [6.07, 6.45) is 4.13. The number of benzene rings is 1. The van der Waals surface area contributed by atoms with E-state index in [0.717, 1.165) is 22.0 Å². The van der Waals surface area contributed by atoms with Crippen LogP contribution >= 0.6 is 15.9 Å². The highest BCUT2D eigenvalue weighted by molar-refractivity contribution is 9.10. The molecule has 0 bridgehead atoms. The first-order valence-electron chi connectivity index (χ1n) is 7.85. The van der Waals surface area contributed by atoms with E-state index in [-0.39, 0.29) is 23.9 Å². The van der Waals surface area contributed by atoms with E-state index in [2.05, 4.69) is 36.5 Å². The van der Waals surface area contributed by atoms with Gasteiger partial charge in [0.05, 0.1) is 10.5 Å². The Morgan fingerprint density at radius 3 is 2.88 bits per heavy atom. The number of amides is 2. The van der Waals surface area contributed by atoms with E-state index in [1.54, 1.807) is 18.5 Å². The molecule has 1 saturated carbocycles. The SMILES string of the molecule is CC(NC(=O)NC1C2Cc3cc(F)ccc3C21)c1ncc(Br)cn1. The van der Waals surface area contributed by atoms with Crippen molar-refractivity contribution in [3.05, 3.63) is 57.8 Å². The predicted molar refractivity (Wildman–Crippen MR) is 89.9 cm³/mol. The quantitative estimate of drug-likeness (QED) is 0.845. The van der Waals surface area contributed by atoms with Crippen molar-refractivity contribution in [3.63, 3.8) is 0 Å². The van der Waals surface area contributed by atoms with Crippen molar-refractivity contribution in [1.29, 1.82) is 0 Å². The van der Waals surface area contributed by atoms with Gasteiger partial charge in [-0.05, 0) is 58.5 Å². The summed E-state index contributed by atoms with van der Waals surface area (Å²) in [6, 6.07) is 4.55. The lowest BCUT2D eigenvalue weighted by molar-refractivity contribution is 0.236. The molecule has 4 rings (SSSR count). The van der Waals surface area contributed by atoms with Crippen molar-refractivity contribution in [2.75, 3.05) is 0 Å². The van der Waals surface area contributed by atoms with Crippen LogP contribution in [0.15, 0.2) is 35.1 Å². The van der Waals surface area contributed by atoms with Gasteiger partial charge in [0.25, 0.3) is 0 Å². The van der Waals surface area contributed by atoms with Crippen LogP contribution in [0.3, 0.4) is 0 Å². The summed E-state index contributed by atoms with van der Waals surface area (Å²) in [5, 5.41) is 5.87. The molecule has 7 heteroatoms. The Balaban J connectivity index is 1.35. The fourth-order valence-corrected chi connectivity index (χ4v) is 3.78. The summed E-state index contributed by atoms with van der Waals surface area (Å²) >= 11 is 3.28. The van der Waals surface area contributed by atoms with Crippen LogP contribution < -0.4 is 10.6 Å². The minimum Gasteiger partial charge on any atom is -0.334 e. The molecular formula is C17H16BrFN4O. The highest BCUT2D eigenvalue weighted by atomic mass is 79.9. The van der Waals surface area contributed by atoms with Gasteiger partial charge in [0.15, 0.2) is 0 Å². The molecule has 1 fully saturated rings. The van der Waals surface area contributed by atoms with Crippen molar-refractivity contribution in [2.45, 2.75) is 31.3 Å². The van der Waals surface area contributed by atoms with E-state index < -0.39 is 0 Å². The zero-order valence-corrected chi connectivity index (χ0v) is 14.5. The lowest BCUT2D eigenvalue weighted by Gasteiger charge is -2.15. The lowest BCUT2D eigenvalue weighted by Crippen LogP contribution is -2.40.